The summed E-state index contributed by atoms with van der Waals surface area (Å²) in [6.07, 6.45) is 2.38. The van der Waals surface area contributed by atoms with Gasteiger partial charge in [-0.25, -0.2) is 0 Å². The number of benzene rings is 1. The van der Waals surface area contributed by atoms with Crippen molar-refractivity contribution in [2.45, 2.75) is 32.6 Å². The van der Waals surface area contributed by atoms with Crippen LogP contribution in [0.15, 0.2) is 18.2 Å². The molecular weight excluding hydrogens is 252 g/mol. The molecule has 0 spiro atoms. The van der Waals surface area contributed by atoms with Gasteiger partial charge < -0.3 is 5.73 Å². The normalized spacial score (nSPS) is 15.6. The van der Waals surface area contributed by atoms with Crippen molar-refractivity contribution in [3.8, 4) is 11.8 Å². The minimum absolute atomic E-state index is 0.125. The number of hydrogen-bond acceptors (Lipinski definition) is 3. The third-order valence-corrected chi connectivity index (χ3v) is 3.31. The monoisotopic (exact) mass is 270 g/mol. The van der Waals surface area contributed by atoms with E-state index in [0.29, 0.717) is 18.5 Å². The molecule has 0 bridgehead atoms. The standard InChI is InChI=1S/C16H18N2O2/c1-12-8-9-13(5-4-10-17)11-14(12)18-15(19)6-2-3-7-16(18)20/h8-9,11H,2-3,6-7,10,17H2,1H3. The lowest BCUT2D eigenvalue weighted by molar-refractivity contribution is -0.125. The second-order valence-electron chi connectivity index (χ2n) is 4.84. The Morgan fingerprint density at radius 3 is 2.45 bits per heavy atom. The van der Waals surface area contributed by atoms with Crippen molar-refractivity contribution in [1.29, 1.82) is 0 Å². The Bertz CT molecular complexity index is 578. The lowest BCUT2D eigenvalue weighted by Gasteiger charge is -2.21. The largest absolute Gasteiger partial charge is 0.320 e. The summed E-state index contributed by atoms with van der Waals surface area (Å²) in [7, 11) is 0. The summed E-state index contributed by atoms with van der Waals surface area (Å²) in [6.45, 7) is 2.17. The summed E-state index contributed by atoms with van der Waals surface area (Å²) < 4.78 is 0. The molecule has 104 valence electrons. The zero-order valence-corrected chi connectivity index (χ0v) is 11.6. The van der Waals surface area contributed by atoms with Crippen LogP contribution in [0.3, 0.4) is 0 Å². The topological polar surface area (TPSA) is 63.4 Å². The van der Waals surface area contributed by atoms with Crippen LogP contribution in [-0.4, -0.2) is 18.4 Å². The van der Waals surface area contributed by atoms with E-state index in [1.807, 2.05) is 19.1 Å². The number of hydrogen-bond donors (Lipinski definition) is 1. The first-order valence-electron chi connectivity index (χ1n) is 6.79. The Labute approximate surface area is 118 Å². The van der Waals surface area contributed by atoms with Crippen LogP contribution in [0.1, 0.15) is 36.8 Å². The lowest BCUT2D eigenvalue weighted by Crippen LogP contribution is -2.35. The molecule has 4 nitrogen and oxygen atoms in total. The van der Waals surface area contributed by atoms with Gasteiger partial charge in [-0.05, 0) is 37.5 Å². The molecule has 0 atom stereocenters. The van der Waals surface area contributed by atoms with Gasteiger partial charge in [0.2, 0.25) is 11.8 Å². The highest BCUT2D eigenvalue weighted by atomic mass is 16.2. The maximum atomic E-state index is 12.2. The molecule has 0 radical (unpaired) electrons. The molecule has 1 saturated heterocycles. The molecule has 2 amide bonds. The number of amides is 2. The molecule has 4 heteroatoms. The highest BCUT2D eigenvalue weighted by molar-refractivity contribution is 6.15. The molecule has 0 aliphatic carbocycles. The summed E-state index contributed by atoms with van der Waals surface area (Å²) in [5.41, 5.74) is 7.66. The number of anilines is 1. The molecule has 0 aromatic heterocycles. The first-order valence-corrected chi connectivity index (χ1v) is 6.79. The summed E-state index contributed by atoms with van der Waals surface area (Å²) in [5, 5.41) is 0. The first kappa shape index (κ1) is 14.3. The molecule has 0 unspecified atom stereocenters. The van der Waals surface area contributed by atoms with Crippen LogP contribution >= 0.6 is 0 Å². The minimum atomic E-state index is -0.125. The Morgan fingerprint density at radius 1 is 1.20 bits per heavy atom. The highest BCUT2D eigenvalue weighted by Crippen LogP contribution is 2.26. The maximum Gasteiger partial charge on any atom is 0.233 e. The van der Waals surface area contributed by atoms with Gasteiger partial charge in [-0.1, -0.05) is 17.9 Å². The lowest BCUT2D eigenvalue weighted by atomic mass is 10.1. The quantitative estimate of drug-likeness (QED) is 0.624. The van der Waals surface area contributed by atoms with Gasteiger partial charge in [-0.3, -0.25) is 14.5 Å². The summed E-state index contributed by atoms with van der Waals surface area (Å²) in [4.78, 5) is 25.6. The highest BCUT2D eigenvalue weighted by Gasteiger charge is 2.26. The molecule has 1 fully saturated rings. The van der Waals surface area contributed by atoms with Crippen molar-refractivity contribution < 1.29 is 9.59 Å². The van der Waals surface area contributed by atoms with E-state index in [0.717, 1.165) is 24.0 Å². The van der Waals surface area contributed by atoms with Gasteiger partial charge in [0.25, 0.3) is 0 Å². The molecular formula is C16H18N2O2. The van der Waals surface area contributed by atoms with Gasteiger partial charge in [-0.2, -0.15) is 0 Å². The third kappa shape index (κ3) is 3.06. The number of nitrogens with two attached hydrogens (primary N) is 1. The number of carbonyl (C=O) groups excluding carboxylic acids is 2. The Morgan fingerprint density at radius 2 is 1.85 bits per heavy atom. The second kappa shape index (κ2) is 6.36. The van der Waals surface area contributed by atoms with E-state index in [4.69, 9.17) is 5.73 Å². The van der Waals surface area contributed by atoms with E-state index in [9.17, 15) is 9.59 Å². The fourth-order valence-corrected chi connectivity index (χ4v) is 2.26. The Hall–Kier alpha value is -2.12. The van der Waals surface area contributed by atoms with Crippen LogP contribution in [0.4, 0.5) is 5.69 Å². The van der Waals surface area contributed by atoms with Crippen molar-refractivity contribution in [1.82, 2.24) is 0 Å². The zero-order valence-electron chi connectivity index (χ0n) is 11.6. The van der Waals surface area contributed by atoms with Crippen LogP contribution in [0.5, 0.6) is 0 Å². The van der Waals surface area contributed by atoms with Crippen LogP contribution in [0.25, 0.3) is 0 Å². The predicted octanol–water partition coefficient (Wildman–Crippen LogP) is 1.74. The van der Waals surface area contributed by atoms with Crippen molar-refractivity contribution in [2.24, 2.45) is 5.73 Å². The van der Waals surface area contributed by atoms with Gasteiger partial charge in [0.15, 0.2) is 0 Å². The van der Waals surface area contributed by atoms with Crippen LogP contribution < -0.4 is 10.6 Å². The van der Waals surface area contributed by atoms with E-state index < -0.39 is 0 Å². The fourth-order valence-electron chi connectivity index (χ4n) is 2.26. The number of nitrogens with zero attached hydrogens (tertiary/aromatic N) is 1. The molecule has 1 aromatic rings. The SMILES string of the molecule is Cc1ccc(C#CCN)cc1N1C(=O)CCCCC1=O. The average molecular weight is 270 g/mol. The molecule has 2 rings (SSSR count). The molecule has 1 aromatic carbocycles. The first-order chi connectivity index (χ1) is 9.63. The van der Waals surface area contributed by atoms with E-state index in [2.05, 4.69) is 11.8 Å². The summed E-state index contributed by atoms with van der Waals surface area (Å²) in [5.74, 6) is 5.46. The summed E-state index contributed by atoms with van der Waals surface area (Å²) in [6, 6.07) is 5.54. The molecule has 2 N–H and O–H groups in total. The number of imide groups is 1. The van der Waals surface area contributed by atoms with Crippen LogP contribution in [0.2, 0.25) is 0 Å². The van der Waals surface area contributed by atoms with Gasteiger partial charge in [0.1, 0.15) is 0 Å². The molecule has 1 aliphatic rings. The van der Waals surface area contributed by atoms with E-state index in [1.54, 1.807) is 6.07 Å². The van der Waals surface area contributed by atoms with Crippen molar-refractivity contribution in [2.75, 3.05) is 11.4 Å². The van der Waals surface area contributed by atoms with Crippen molar-refractivity contribution in [3.63, 3.8) is 0 Å². The molecule has 1 aliphatic heterocycles. The van der Waals surface area contributed by atoms with Gasteiger partial charge in [-0.15, -0.1) is 0 Å². The maximum absolute atomic E-state index is 12.2. The van der Waals surface area contributed by atoms with Crippen molar-refractivity contribution >= 4 is 17.5 Å². The fraction of sp³-hybridized carbons (Fsp3) is 0.375. The van der Waals surface area contributed by atoms with Gasteiger partial charge in [0.05, 0.1) is 12.2 Å². The molecule has 1 heterocycles. The van der Waals surface area contributed by atoms with Crippen LogP contribution in [-0.2, 0) is 9.59 Å². The molecule has 20 heavy (non-hydrogen) atoms. The third-order valence-electron chi connectivity index (χ3n) is 3.31. The predicted molar refractivity (Wildman–Crippen MR) is 78.1 cm³/mol. The smallest absolute Gasteiger partial charge is 0.233 e. The number of carbonyl (C=O) groups is 2. The minimum Gasteiger partial charge on any atom is -0.320 e. The van der Waals surface area contributed by atoms with E-state index in [-0.39, 0.29) is 18.4 Å². The number of rotatable bonds is 1. The van der Waals surface area contributed by atoms with Crippen LogP contribution in [0, 0.1) is 18.8 Å². The van der Waals surface area contributed by atoms with E-state index in [1.165, 1.54) is 4.90 Å². The van der Waals surface area contributed by atoms with E-state index >= 15 is 0 Å². The second-order valence-corrected chi connectivity index (χ2v) is 4.84. The Kier molecular flexibility index (Phi) is 4.54. The van der Waals surface area contributed by atoms with Gasteiger partial charge >= 0.3 is 0 Å². The molecule has 0 saturated carbocycles. The zero-order chi connectivity index (χ0) is 14.5. The van der Waals surface area contributed by atoms with Gasteiger partial charge in [0, 0.05) is 18.4 Å². The Balaban J connectivity index is 2.43. The van der Waals surface area contributed by atoms with Crippen molar-refractivity contribution in [3.05, 3.63) is 29.3 Å². The number of aryl methyl sites for hydroxylation is 1. The summed E-state index contributed by atoms with van der Waals surface area (Å²) >= 11 is 0. The average Bonchev–Trinajstić information content (AvgIpc) is 2.59.